The summed E-state index contributed by atoms with van der Waals surface area (Å²) >= 11 is 0. The number of rotatable bonds is 16. The van der Waals surface area contributed by atoms with E-state index in [0.717, 1.165) is 61.2 Å². The number of ether oxygens (including phenoxy) is 2. The molecule has 0 aliphatic heterocycles. The molecule has 0 unspecified atom stereocenters. The Morgan fingerprint density at radius 1 is 0.786 bits per heavy atom. The lowest BCUT2D eigenvalue weighted by Gasteiger charge is -2.28. The van der Waals surface area contributed by atoms with Crippen molar-refractivity contribution in [1.29, 1.82) is 0 Å². The molecule has 4 amide bonds. The van der Waals surface area contributed by atoms with Crippen LogP contribution in [0.1, 0.15) is 98.9 Å². The van der Waals surface area contributed by atoms with Crippen LogP contribution in [0.25, 0.3) is 11.3 Å². The van der Waals surface area contributed by atoms with Gasteiger partial charge in [-0.1, -0.05) is 44.2 Å². The number of imidazole rings is 2. The predicted molar refractivity (Wildman–Crippen MR) is 211 cm³/mol. The Morgan fingerprint density at radius 2 is 1.41 bits per heavy atom. The fourth-order valence-electron chi connectivity index (χ4n) is 6.85. The second-order valence-electron chi connectivity index (χ2n) is 13.4. The van der Waals surface area contributed by atoms with Gasteiger partial charge in [0.1, 0.15) is 24.2 Å². The van der Waals surface area contributed by atoms with Gasteiger partial charge in [0.05, 0.1) is 39.2 Å². The lowest BCUT2D eigenvalue weighted by atomic mass is 9.79. The van der Waals surface area contributed by atoms with Crippen LogP contribution in [-0.2, 0) is 32.2 Å². The molecule has 5 rings (SSSR count). The molecule has 3 aromatic heterocycles. The van der Waals surface area contributed by atoms with Gasteiger partial charge in [-0.2, -0.15) is 0 Å². The number of nitrogens with zero attached hydrogens (tertiary/aromatic N) is 5. The van der Waals surface area contributed by atoms with Crippen LogP contribution >= 0.6 is 0 Å². The van der Waals surface area contributed by atoms with Crippen LogP contribution in [0.2, 0.25) is 0 Å². The number of carbonyl (C=O) groups excluding carboxylic acids is 4. The molecule has 0 saturated heterocycles. The van der Waals surface area contributed by atoms with Crippen LogP contribution < -0.4 is 10.6 Å². The van der Waals surface area contributed by atoms with Gasteiger partial charge in [-0.3, -0.25) is 14.6 Å². The zero-order chi connectivity index (χ0) is 40.5. The van der Waals surface area contributed by atoms with Gasteiger partial charge in [-0.25, -0.2) is 19.6 Å². The van der Waals surface area contributed by atoms with Crippen LogP contribution in [0.5, 0.6) is 0 Å². The van der Waals surface area contributed by atoms with Gasteiger partial charge < -0.3 is 39.9 Å². The van der Waals surface area contributed by atoms with Crippen molar-refractivity contribution in [3.63, 3.8) is 0 Å². The molecule has 4 N–H and O–H groups in total. The number of hydrogen-bond donors (Lipinski definition) is 4. The summed E-state index contributed by atoms with van der Waals surface area (Å²) in [5.41, 5.74) is 4.52. The number of H-pyrrole nitrogens is 2. The van der Waals surface area contributed by atoms with E-state index in [4.69, 9.17) is 9.72 Å². The molecule has 4 aromatic rings. The van der Waals surface area contributed by atoms with E-state index in [0.29, 0.717) is 55.2 Å². The van der Waals surface area contributed by atoms with E-state index in [1.54, 1.807) is 16.0 Å². The highest BCUT2D eigenvalue weighted by Gasteiger charge is 2.30. The number of pyridine rings is 1. The molecule has 15 nitrogen and oxygen atoms in total. The maximum atomic E-state index is 13.8. The molecule has 1 saturated carbocycles. The number of amides is 4. The van der Waals surface area contributed by atoms with Crippen LogP contribution in [0.15, 0.2) is 61.1 Å². The van der Waals surface area contributed by atoms with Crippen molar-refractivity contribution >= 4 is 24.0 Å². The minimum absolute atomic E-state index is 0.148. The molecular formula is C41H53N9O6. The van der Waals surface area contributed by atoms with Gasteiger partial charge in [-0.15, -0.1) is 12.8 Å². The molecule has 0 radical (unpaired) electrons. The Bertz CT molecular complexity index is 1870. The summed E-state index contributed by atoms with van der Waals surface area (Å²) in [6.45, 7) is 5.48. The molecule has 1 aliphatic carbocycles. The van der Waals surface area contributed by atoms with Crippen molar-refractivity contribution in [1.82, 2.24) is 45.4 Å². The predicted octanol–water partition coefficient (Wildman–Crippen LogP) is 5.82. The first-order valence-electron chi connectivity index (χ1n) is 18.9. The molecule has 1 aromatic carbocycles. The second-order valence-corrected chi connectivity index (χ2v) is 13.4. The molecule has 0 bridgehead atoms. The zero-order valence-electron chi connectivity index (χ0n) is 32.6. The van der Waals surface area contributed by atoms with Crippen LogP contribution in [0.3, 0.4) is 0 Å². The molecule has 0 spiro atoms. The SMILES string of the molecule is C#C.CCCN(Cc1ncc(-c2ccc(C3CCC(c4cnc(CN(CCC)C(=O)[C@H](NC(=O)OC)c5ccccc5)[nH]4)CC3)nc2)[nH]1)C(=O)CNC(=O)OC. The number of carbonyl (C=O) groups is 4. The number of benzene rings is 1. The number of hydrogen-bond acceptors (Lipinski definition) is 9. The smallest absolute Gasteiger partial charge is 0.407 e. The Balaban J connectivity index is 0.00000342. The van der Waals surface area contributed by atoms with Gasteiger partial charge in [0.15, 0.2) is 0 Å². The van der Waals surface area contributed by atoms with Gasteiger partial charge in [0, 0.05) is 54.3 Å². The normalized spacial score (nSPS) is 15.3. The first-order chi connectivity index (χ1) is 27.2. The third-order valence-electron chi connectivity index (χ3n) is 9.69. The summed E-state index contributed by atoms with van der Waals surface area (Å²) in [7, 11) is 2.54. The maximum Gasteiger partial charge on any atom is 0.407 e. The first kappa shape index (κ1) is 42.6. The number of aromatic amines is 2. The molecule has 15 heteroatoms. The van der Waals surface area contributed by atoms with Crippen molar-refractivity contribution in [3.05, 3.63) is 89.7 Å². The highest BCUT2D eigenvalue weighted by molar-refractivity contribution is 5.87. The summed E-state index contributed by atoms with van der Waals surface area (Å²) in [6, 6.07) is 12.4. The highest BCUT2D eigenvalue weighted by atomic mass is 16.5. The average Bonchev–Trinajstić information content (AvgIpc) is 3.92. The summed E-state index contributed by atoms with van der Waals surface area (Å²) in [6.07, 6.45) is 17.6. The Labute approximate surface area is 328 Å². The molecule has 298 valence electrons. The fourth-order valence-corrected chi connectivity index (χ4v) is 6.85. The van der Waals surface area contributed by atoms with Crippen molar-refractivity contribution in [2.24, 2.45) is 0 Å². The summed E-state index contributed by atoms with van der Waals surface area (Å²) in [5, 5.41) is 5.14. The van der Waals surface area contributed by atoms with E-state index in [2.05, 4.69) is 60.3 Å². The number of aromatic nitrogens is 5. The van der Waals surface area contributed by atoms with Gasteiger partial charge in [0.2, 0.25) is 11.8 Å². The third-order valence-corrected chi connectivity index (χ3v) is 9.69. The average molecular weight is 768 g/mol. The molecule has 1 aliphatic rings. The lowest BCUT2D eigenvalue weighted by Crippen LogP contribution is -2.43. The van der Waals surface area contributed by atoms with Crippen molar-refractivity contribution in [2.45, 2.75) is 83.3 Å². The summed E-state index contributed by atoms with van der Waals surface area (Å²) < 4.78 is 9.37. The minimum atomic E-state index is -0.877. The van der Waals surface area contributed by atoms with Crippen LogP contribution in [0, 0.1) is 12.8 Å². The molecule has 56 heavy (non-hydrogen) atoms. The standard InChI is InChI=1S/C39H51N9O6.C2H2/c1-5-18-47(35(49)23-43-38(51)53-3)24-33-42-22-32(45-33)29-16-17-30(40-20-29)26-12-14-27(15-13-26)31-21-41-34(44-31)25-48(19-6-2)37(50)36(46-39(52)54-4)28-10-8-7-9-11-28;1-2/h7-11,16-17,20-22,26-27,36H,5-6,12-15,18-19,23-25H2,1-4H3,(H,41,44)(H,42,45)(H,43,51)(H,46,52);1-2H/t26?,27?,36-;/m1./s1. The second kappa shape index (κ2) is 21.7. The highest BCUT2D eigenvalue weighted by Crippen LogP contribution is 2.39. The van der Waals surface area contributed by atoms with E-state index in [1.807, 2.05) is 56.6 Å². The van der Waals surface area contributed by atoms with E-state index in [9.17, 15) is 19.2 Å². The fraction of sp³-hybridized carbons (Fsp3) is 0.439. The molecular weight excluding hydrogens is 715 g/mol. The molecule has 1 atom stereocenters. The first-order valence-corrected chi connectivity index (χ1v) is 18.9. The molecule has 3 heterocycles. The monoisotopic (exact) mass is 767 g/mol. The van der Waals surface area contributed by atoms with E-state index in [1.165, 1.54) is 14.2 Å². The topological polar surface area (TPSA) is 188 Å². The quantitative estimate of drug-likeness (QED) is 0.102. The number of methoxy groups -OCH3 is 2. The minimum Gasteiger partial charge on any atom is -0.453 e. The van der Waals surface area contributed by atoms with Crippen LogP contribution in [-0.4, -0.2) is 92.6 Å². The largest absolute Gasteiger partial charge is 0.453 e. The van der Waals surface area contributed by atoms with E-state index < -0.39 is 18.2 Å². The van der Waals surface area contributed by atoms with Crippen molar-refractivity contribution < 1.29 is 28.7 Å². The third kappa shape index (κ3) is 11.7. The maximum absolute atomic E-state index is 13.8. The Kier molecular flexibility index (Phi) is 16.5. The summed E-state index contributed by atoms with van der Waals surface area (Å²) in [4.78, 5) is 74.2. The zero-order valence-corrected chi connectivity index (χ0v) is 32.6. The number of terminal acetylenes is 1. The number of alkyl carbamates (subject to hydrolysis) is 2. The van der Waals surface area contributed by atoms with Crippen LogP contribution in [0.4, 0.5) is 9.59 Å². The Hall–Kier alpha value is -6.17. The van der Waals surface area contributed by atoms with Crippen molar-refractivity contribution in [3.8, 4) is 24.1 Å². The van der Waals surface area contributed by atoms with E-state index in [-0.39, 0.29) is 18.4 Å². The van der Waals surface area contributed by atoms with Gasteiger partial charge in [0.25, 0.3) is 0 Å². The van der Waals surface area contributed by atoms with Gasteiger partial charge in [-0.05, 0) is 56.2 Å². The Morgan fingerprint density at radius 3 is 2.05 bits per heavy atom. The van der Waals surface area contributed by atoms with Gasteiger partial charge >= 0.3 is 12.2 Å². The lowest BCUT2D eigenvalue weighted by molar-refractivity contribution is -0.134. The van der Waals surface area contributed by atoms with Crippen molar-refractivity contribution in [2.75, 3.05) is 33.9 Å². The number of nitrogens with one attached hydrogen (secondary N) is 4. The van der Waals surface area contributed by atoms with E-state index >= 15 is 0 Å². The summed E-state index contributed by atoms with van der Waals surface area (Å²) in [5.74, 6) is 1.58. The molecule has 1 fully saturated rings.